The predicted octanol–water partition coefficient (Wildman–Crippen LogP) is 4.01. The quantitative estimate of drug-likeness (QED) is 0.881. The number of hydrogen-bond acceptors (Lipinski definition) is 2. The number of likely N-dealkylation sites (tertiary alicyclic amines) is 1. The van der Waals surface area contributed by atoms with Crippen molar-refractivity contribution in [1.82, 2.24) is 4.90 Å². The molecule has 0 amide bonds. The summed E-state index contributed by atoms with van der Waals surface area (Å²) in [6.07, 6.45) is 10.3. The molecule has 1 saturated carbocycles. The highest BCUT2D eigenvalue weighted by molar-refractivity contribution is 5.26. The monoisotopic (exact) mass is 272 g/mol. The van der Waals surface area contributed by atoms with Crippen molar-refractivity contribution in [3.8, 4) is 0 Å². The topological polar surface area (TPSA) is 29.3 Å². The highest BCUT2D eigenvalue weighted by Gasteiger charge is 2.46. The van der Waals surface area contributed by atoms with Gasteiger partial charge >= 0.3 is 0 Å². The number of rotatable bonds is 2. The third-order valence-electron chi connectivity index (χ3n) is 5.44. The van der Waals surface area contributed by atoms with Crippen LogP contribution in [0.4, 0.5) is 0 Å². The van der Waals surface area contributed by atoms with Gasteiger partial charge in [-0.25, -0.2) is 0 Å². The second-order valence-electron chi connectivity index (χ2n) is 6.92. The summed E-state index contributed by atoms with van der Waals surface area (Å²) >= 11 is 0. The molecule has 3 rings (SSSR count). The van der Waals surface area contributed by atoms with Crippen LogP contribution in [0.1, 0.15) is 63.9 Å². The average Bonchev–Trinajstić information content (AvgIpc) is 2.48. The van der Waals surface area contributed by atoms with E-state index in [0.717, 1.165) is 13.0 Å². The number of nitrogens with two attached hydrogens (primary N) is 1. The third kappa shape index (κ3) is 2.40. The van der Waals surface area contributed by atoms with Crippen LogP contribution >= 0.6 is 0 Å². The van der Waals surface area contributed by atoms with Gasteiger partial charge in [-0.15, -0.1) is 0 Å². The Hall–Kier alpha value is -0.860. The zero-order valence-electron chi connectivity index (χ0n) is 12.8. The van der Waals surface area contributed by atoms with Crippen molar-refractivity contribution in [3.05, 3.63) is 35.9 Å². The molecule has 2 fully saturated rings. The first kappa shape index (κ1) is 14.1. The Balaban J connectivity index is 2.01. The lowest BCUT2D eigenvalue weighted by atomic mass is 9.73. The molecule has 1 aliphatic heterocycles. The maximum Gasteiger partial charge on any atom is 0.0665 e. The zero-order chi connectivity index (χ0) is 14.1. The minimum Gasteiger partial charge on any atom is -0.313 e. The number of piperidine rings is 1. The van der Waals surface area contributed by atoms with Crippen molar-refractivity contribution in [2.45, 2.75) is 69.5 Å². The molecule has 1 unspecified atom stereocenters. The summed E-state index contributed by atoms with van der Waals surface area (Å²) in [6, 6.07) is 11.1. The Morgan fingerprint density at radius 1 is 0.900 bits per heavy atom. The Morgan fingerprint density at radius 2 is 1.55 bits per heavy atom. The molecule has 2 heteroatoms. The molecule has 0 spiro atoms. The number of nitrogens with zero attached hydrogens (tertiary/aromatic N) is 1. The summed E-state index contributed by atoms with van der Waals surface area (Å²) in [5.74, 6) is 0. The Bertz CT molecular complexity index is 432. The van der Waals surface area contributed by atoms with E-state index in [1.807, 2.05) is 0 Å². The van der Waals surface area contributed by atoms with Crippen LogP contribution in [0.5, 0.6) is 0 Å². The molecule has 1 aliphatic carbocycles. The lowest BCUT2D eigenvalue weighted by Crippen LogP contribution is -2.64. The minimum atomic E-state index is -0.147. The van der Waals surface area contributed by atoms with Gasteiger partial charge < -0.3 is 5.73 Å². The van der Waals surface area contributed by atoms with Crippen LogP contribution in [0.3, 0.4) is 0 Å². The van der Waals surface area contributed by atoms with Gasteiger partial charge in [-0.3, -0.25) is 4.90 Å². The van der Waals surface area contributed by atoms with E-state index < -0.39 is 0 Å². The molecule has 1 aromatic carbocycles. The van der Waals surface area contributed by atoms with E-state index in [1.54, 1.807) is 0 Å². The van der Waals surface area contributed by atoms with E-state index in [2.05, 4.69) is 42.2 Å². The molecule has 1 atom stereocenters. The van der Waals surface area contributed by atoms with Crippen LogP contribution in [0.15, 0.2) is 30.3 Å². The van der Waals surface area contributed by atoms with E-state index in [-0.39, 0.29) is 11.2 Å². The van der Waals surface area contributed by atoms with Crippen LogP contribution < -0.4 is 5.73 Å². The third-order valence-corrected chi connectivity index (χ3v) is 5.44. The molecule has 0 bridgehead atoms. The second kappa shape index (κ2) is 5.50. The lowest BCUT2D eigenvalue weighted by molar-refractivity contribution is -0.0606. The van der Waals surface area contributed by atoms with Gasteiger partial charge in [0.05, 0.1) is 5.66 Å². The largest absolute Gasteiger partial charge is 0.313 e. The molecule has 0 radical (unpaired) electrons. The number of benzene rings is 1. The Morgan fingerprint density at radius 3 is 2.20 bits per heavy atom. The van der Waals surface area contributed by atoms with Gasteiger partial charge in [0.15, 0.2) is 0 Å². The van der Waals surface area contributed by atoms with E-state index in [1.165, 1.54) is 50.5 Å². The lowest BCUT2D eigenvalue weighted by Gasteiger charge is -2.55. The average molecular weight is 272 g/mol. The summed E-state index contributed by atoms with van der Waals surface area (Å²) in [5, 5.41) is 0. The van der Waals surface area contributed by atoms with Crippen molar-refractivity contribution < 1.29 is 0 Å². The van der Waals surface area contributed by atoms with E-state index in [0.29, 0.717) is 0 Å². The molecular weight excluding hydrogens is 244 g/mol. The van der Waals surface area contributed by atoms with Crippen molar-refractivity contribution in [3.63, 3.8) is 0 Å². The van der Waals surface area contributed by atoms with Crippen molar-refractivity contribution in [2.75, 3.05) is 6.54 Å². The fourth-order valence-electron chi connectivity index (χ4n) is 4.45. The zero-order valence-corrected chi connectivity index (χ0v) is 12.8. The Labute approximate surface area is 123 Å². The molecule has 110 valence electrons. The van der Waals surface area contributed by atoms with Crippen molar-refractivity contribution >= 4 is 0 Å². The van der Waals surface area contributed by atoms with Crippen LogP contribution in [0.25, 0.3) is 0 Å². The minimum absolute atomic E-state index is 0.147. The van der Waals surface area contributed by atoms with Gasteiger partial charge in [0.25, 0.3) is 0 Å². The van der Waals surface area contributed by atoms with Crippen LogP contribution in [0.2, 0.25) is 0 Å². The van der Waals surface area contributed by atoms with Crippen LogP contribution in [0, 0.1) is 0 Å². The van der Waals surface area contributed by atoms with Gasteiger partial charge in [0.2, 0.25) is 0 Å². The highest BCUT2D eigenvalue weighted by atomic mass is 15.3. The Kier molecular flexibility index (Phi) is 3.87. The molecule has 1 heterocycles. The smallest absolute Gasteiger partial charge is 0.0665 e. The van der Waals surface area contributed by atoms with Gasteiger partial charge in [-0.2, -0.15) is 0 Å². The van der Waals surface area contributed by atoms with E-state index in [4.69, 9.17) is 5.73 Å². The molecule has 2 N–H and O–H groups in total. The van der Waals surface area contributed by atoms with Gasteiger partial charge in [-0.1, -0.05) is 49.6 Å². The summed E-state index contributed by atoms with van der Waals surface area (Å²) in [4.78, 5) is 2.65. The SMILES string of the molecule is CC1(N)CCCCN1C1(c2ccccc2)CCCCC1. The van der Waals surface area contributed by atoms with Gasteiger partial charge in [0.1, 0.15) is 0 Å². The second-order valence-corrected chi connectivity index (χ2v) is 6.92. The molecule has 2 aliphatic rings. The summed E-state index contributed by atoms with van der Waals surface area (Å²) < 4.78 is 0. The highest BCUT2D eigenvalue weighted by Crippen LogP contribution is 2.46. The fourth-order valence-corrected chi connectivity index (χ4v) is 4.45. The first-order valence-corrected chi connectivity index (χ1v) is 8.27. The summed E-state index contributed by atoms with van der Waals surface area (Å²) in [7, 11) is 0. The standard InChI is InChI=1S/C18H28N2/c1-17(19)12-8-9-15-20(17)18(13-6-3-7-14-18)16-10-4-2-5-11-16/h2,4-5,10-11H,3,6-9,12-15,19H2,1H3. The number of hydrogen-bond donors (Lipinski definition) is 1. The molecule has 2 nitrogen and oxygen atoms in total. The van der Waals surface area contributed by atoms with Gasteiger partial charge in [-0.05, 0) is 44.6 Å². The summed E-state index contributed by atoms with van der Waals surface area (Å²) in [5.41, 5.74) is 8.22. The molecular formula is C18H28N2. The maximum atomic E-state index is 6.70. The first-order chi connectivity index (χ1) is 9.65. The van der Waals surface area contributed by atoms with Crippen molar-refractivity contribution in [2.24, 2.45) is 5.73 Å². The fraction of sp³-hybridized carbons (Fsp3) is 0.667. The van der Waals surface area contributed by atoms with E-state index >= 15 is 0 Å². The molecule has 1 saturated heterocycles. The molecule has 20 heavy (non-hydrogen) atoms. The first-order valence-electron chi connectivity index (χ1n) is 8.27. The van der Waals surface area contributed by atoms with E-state index in [9.17, 15) is 0 Å². The maximum absolute atomic E-state index is 6.70. The normalized spacial score (nSPS) is 31.1. The molecule has 1 aromatic rings. The summed E-state index contributed by atoms with van der Waals surface area (Å²) in [6.45, 7) is 3.40. The van der Waals surface area contributed by atoms with Gasteiger partial charge in [0, 0.05) is 12.1 Å². The van der Waals surface area contributed by atoms with Crippen molar-refractivity contribution in [1.29, 1.82) is 0 Å². The van der Waals surface area contributed by atoms with Crippen LogP contribution in [-0.4, -0.2) is 17.1 Å². The predicted molar refractivity (Wildman–Crippen MR) is 84.4 cm³/mol. The molecule has 0 aromatic heterocycles. The van der Waals surface area contributed by atoms with Crippen LogP contribution in [-0.2, 0) is 5.54 Å².